The van der Waals surface area contributed by atoms with Gasteiger partial charge in [0.15, 0.2) is 22.4 Å². The van der Waals surface area contributed by atoms with Gasteiger partial charge in [0, 0.05) is 32.5 Å². The molecule has 0 aromatic carbocycles. The summed E-state index contributed by atoms with van der Waals surface area (Å²) in [5.41, 5.74) is 0. The number of rotatable bonds is 23. The molecule has 0 radical (unpaired) electrons. The Kier molecular flexibility index (Phi) is 18.2. The summed E-state index contributed by atoms with van der Waals surface area (Å²) in [6, 6.07) is -1.13. The SMILES string of the molecule is O=C(CCCCCO[C@H]1O[C@H](CO)[C@@H](O)[C@H](O)[C@@H]1O[C@H]1O[C@H](CO)[C@@H](O)[C@H](O)[C@@H]1O)NCCCCCCNC(=O)CCCC[C@H]1[C@H]2NC(=O)N[C@H]2CS1(=O)=O. The van der Waals surface area contributed by atoms with E-state index < -0.39 is 95.8 Å². The zero-order valence-electron chi connectivity index (χ0n) is 30.9. The minimum absolute atomic E-state index is 0.0536. The first-order valence-corrected chi connectivity index (χ1v) is 21.0. The van der Waals surface area contributed by atoms with Gasteiger partial charge in [-0.25, -0.2) is 13.2 Å². The number of aliphatic hydroxyl groups is 7. The molecule has 55 heavy (non-hydrogen) atoms. The quantitative estimate of drug-likeness (QED) is 0.0351. The largest absolute Gasteiger partial charge is 0.394 e. The van der Waals surface area contributed by atoms with Crippen molar-refractivity contribution in [2.45, 2.75) is 156 Å². The maximum absolute atomic E-state index is 12.4. The molecule has 20 nitrogen and oxygen atoms in total. The number of amides is 4. The second-order valence-corrected chi connectivity index (χ2v) is 16.9. The third kappa shape index (κ3) is 12.9. The van der Waals surface area contributed by atoms with Crippen LogP contribution in [0.25, 0.3) is 0 Å². The van der Waals surface area contributed by atoms with Gasteiger partial charge >= 0.3 is 6.03 Å². The third-order valence-corrected chi connectivity index (χ3v) is 12.8. The van der Waals surface area contributed by atoms with Crippen LogP contribution in [0.1, 0.15) is 77.0 Å². The highest BCUT2D eigenvalue weighted by Gasteiger charge is 2.52. The van der Waals surface area contributed by atoms with Gasteiger partial charge in [0.05, 0.1) is 36.3 Å². The first kappa shape index (κ1) is 45.4. The normalized spacial score (nSPS) is 35.5. The van der Waals surface area contributed by atoms with Crippen molar-refractivity contribution in [2.75, 3.05) is 38.7 Å². The van der Waals surface area contributed by atoms with E-state index in [2.05, 4.69) is 21.3 Å². The molecule has 4 rings (SSSR count). The summed E-state index contributed by atoms with van der Waals surface area (Å²) < 4.78 is 47.1. The van der Waals surface area contributed by atoms with Crippen molar-refractivity contribution >= 4 is 27.7 Å². The number of urea groups is 1. The predicted molar refractivity (Wildman–Crippen MR) is 191 cm³/mol. The number of aliphatic hydroxyl groups excluding tert-OH is 7. The summed E-state index contributed by atoms with van der Waals surface area (Å²) in [5, 5.41) is 81.0. The standard InChI is InChI=1S/C34H60N4O16S/c39-16-20-26(43)28(45)30(47)32(52-20)54-31-29(46)27(44)21(17-40)53-33(31)51-15-9-3-4-11-23(41)35-13-7-1-2-8-14-36-24(42)12-6-5-10-22-25-19(18-55(22,49)50)37-34(48)38-25/h19-22,25-33,39-40,43-47H,1-18H2,(H,35,41)(H,36,42)(H2,37,38,48)/t19-,20+,21+,22-,25-,26+,27+,28-,29-,30-,31-,32+,33-/m0/s1. The Morgan fingerprint density at radius 1 is 0.709 bits per heavy atom. The summed E-state index contributed by atoms with van der Waals surface area (Å²) in [6.45, 7) is -0.171. The molecule has 4 aliphatic rings. The molecule has 318 valence electrons. The molecule has 4 aliphatic heterocycles. The molecule has 0 aromatic heterocycles. The molecule has 4 fully saturated rings. The molecular formula is C34H60N4O16S. The van der Waals surface area contributed by atoms with Gasteiger partial charge in [-0.2, -0.15) is 0 Å². The van der Waals surface area contributed by atoms with Crippen LogP contribution in [0.4, 0.5) is 4.79 Å². The van der Waals surface area contributed by atoms with E-state index in [1.807, 2.05) is 0 Å². The number of unbranched alkanes of at least 4 members (excludes halogenated alkanes) is 6. The molecule has 13 atom stereocenters. The topological polar surface area (TPSA) is 312 Å². The van der Waals surface area contributed by atoms with Gasteiger partial charge in [0.2, 0.25) is 11.8 Å². The monoisotopic (exact) mass is 812 g/mol. The summed E-state index contributed by atoms with van der Waals surface area (Å²) in [4.78, 5) is 36.0. The number of sulfone groups is 1. The van der Waals surface area contributed by atoms with Crippen molar-refractivity contribution in [1.82, 2.24) is 21.3 Å². The second-order valence-electron chi connectivity index (χ2n) is 14.7. The van der Waals surface area contributed by atoms with Gasteiger partial charge in [-0.3, -0.25) is 9.59 Å². The minimum atomic E-state index is -3.28. The smallest absolute Gasteiger partial charge is 0.315 e. The molecule has 11 N–H and O–H groups in total. The highest BCUT2D eigenvalue weighted by molar-refractivity contribution is 7.92. The van der Waals surface area contributed by atoms with E-state index in [0.717, 1.165) is 25.7 Å². The Morgan fingerprint density at radius 2 is 1.27 bits per heavy atom. The van der Waals surface area contributed by atoms with Crippen molar-refractivity contribution in [3.05, 3.63) is 0 Å². The van der Waals surface area contributed by atoms with Crippen LogP contribution >= 0.6 is 0 Å². The fourth-order valence-corrected chi connectivity index (χ4v) is 9.58. The highest BCUT2D eigenvalue weighted by Crippen LogP contribution is 2.31. The molecule has 4 heterocycles. The second kappa shape index (κ2) is 22.0. The fourth-order valence-electron chi connectivity index (χ4n) is 7.31. The minimum Gasteiger partial charge on any atom is -0.394 e. The molecule has 0 aromatic rings. The van der Waals surface area contributed by atoms with E-state index in [0.29, 0.717) is 64.5 Å². The Bertz CT molecular complexity index is 1330. The Hall–Kier alpha value is -2.28. The molecule has 21 heteroatoms. The van der Waals surface area contributed by atoms with Gasteiger partial charge in [0.25, 0.3) is 0 Å². The summed E-state index contributed by atoms with van der Waals surface area (Å²) >= 11 is 0. The zero-order chi connectivity index (χ0) is 40.1. The number of carbonyl (C=O) groups excluding carboxylic acids is 3. The van der Waals surface area contributed by atoms with E-state index >= 15 is 0 Å². The maximum Gasteiger partial charge on any atom is 0.315 e. The van der Waals surface area contributed by atoms with Crippen LogP contribution in [0, 0.1) is 0 Å². The molecule has 0 unspecified atom stereocenters. The Labute approximate surface area is 320 Å². The summed E-state index contributed by atoms with van der Waals surface area (Å²) in [5.74, 6) is -0.222. The van der Waals surface area contributed by atoms with Crippen molar-refractivity contribution < 1.29 is 77.5 Å². The average Bonchev–Trinajstić information content (AvgIpc) is 3.61. The lowest BCUT2D eigenvalue weighted by Gasteiger charge is -2.45. The van der Waals surface area contributed by atoms with Crippen molar-refractivity contribution in [2.24, 2.45) is 0 Å². The van der Waals surface area contributed by atoms with E-state index in [-0.39, 0.29) is 36.2 Å². The Morgan fingerprint density at radius 3 is 1.89 bits per heavy atom. The molecule has 0 bridgehead atoms. The summed E-state index contributed by atoms with van der Waals surface area (Å²) in [7, 11) is -3.28. The van der Waals surface area contributed by atoms with Crippen LogP contribution in [0.2, 0.25) is 0 Å². The lowest BCUT2D eigenvalue weighted by Crippen LogP contribution is -2.64. The fraction of sp³-hybridized carbons (Fsp3) is 0.912. The van der Waals surface area contributed by atoms with Crippen LogP contribution in [-0.2, 0) is 38.4 Å². The van der Waals surface area contributed by atoms with Crippen LogP contribution < -0.4 is 21.3 Å². The van der Waals surface area contributed by atoms with E-state index in [1.54, 1.807) is 0 Å². The van der Waals surface area contributed by atoms with E-state index in [1.165, 1.54) is 0 Å². The molecule has 0 aliphatic carbocycles. The van der Waals surface area contributed by atoms with Crippen molar-refractivity contribution in [3.8, 4) is 0 Å². The molecule has 0 saturated carbocycles. The molecule has 4 saturated heterocycles. The third-order valence-electron chi connectivity index (χ3n) is 10.5. The number of hydrogen-bond donors (Lipinski definition) is 11. The van der Waals surface area contributed by atoms with E-state index in [9.17, 15) is 58.5 Å². The lowest BCUT2D eigenvalue weighted by atomic mass is 9.97. The first-order valence-electron chi connectivity index (χ1n) is 19.3. The molecular weight excluding hydrogens is 752 g/mol. The highest BCUT2D eigenvalue weighted by atomic mass is 32.2. The molecule has 4 amide bonds. The number of carbonyl (C=O) groups is 3. The van der Waals surface area contributed by atoms with Crippen LogP contribution in [0.5, 0.6) is 0 Å². The number of fused-ring (bicyclic) bond motifs is 1. The Balaban J connectivity index is 0.999. The van der Waals surface area contributed by atoms with Crippen molar-refractivity contribution in [3.63, 3.8) is 0 Å². The summed E-state index contributed by atoms with van der Waals surface area (Å²) in [6.07, 6.45) is -8.03. The average molecular weight is 813 g/mol. The van der Waals surface area contributed by atoms with Crippen LogP contribution in [0.3, 0.4) is 0 Å². The molecule has 0 spiro atoms. The van der Waals surface area contributed by atoms with Gasteiger partial charge in [-0.15, -0.1) is 0 Å². The van der Waals surface area contributed by atoms with Crippen LogP contribution in [0.15, 0.2) is 0 Å². The predicted octanol–water partition coefficient (Wildman–Crippen LogP) is -3.61. The van der Waals surface area contributed by atoms with Crippen molar-refractivity contribution in [1.29, 1.82) is 0 Å². The number of hydrogen-bond acceptors (Lipinski definition) is 16. The number of ether oxygens (including phenoxy) is 4. The first-order chi connectivity index (χ1) is 26.3. The van der Waals surface area contributed by atoms with Gasteiger partial charge in [-0.1, -0.05) is 25.7 Å². The van der Waals surface area contributed by atoms with E-state index in [4.69, 9.17) is 18.9 Å². The van der Waals surface area contributed by atoms with Gasteiger partial charge < -0.3 is 76.0 Å². The van der Waals surface area contributed by atoms with Crippen LogP contribution in [-0.4, -0.2) is 179 Å². The lowest BCUT2D eigenvalue weighted by molar-refractivity contribution is -0.367. The van der Waals surface area contributed by atoms with Gasteiger partial charge in [0.1, 0.15) is 48.8 Å². The zero-order valence-corrected chi connectivity index (χ0v) is 31.8. The number of nitrogens with one attached hydrogen (secondary N) is 4. The maximum atomic E-state index is 12.4. The van der Waals surface area contributed by atoms with Gasteiger partial charge in [-0.05, 0) is 38.5 Å².